The van der Waals surface area contributed by atoms with Crippen LogP contribution in [0.2, 0.25) is 0 Å². The van der Waals surface area contributed by atoms with E-state index in [2.05, 4.69) is 0 Å². The van der Waals surface area contributed by atoms with Crippen LogP contribution in [0.5, 0.6) is 74.7 Å². The molecule has 5 aliphatic rings. The lowest BCUT2D eigenvalue weighted by Gasteiger charge is -2.53. The maximum Gasteiger partial charge on any atom is 0.305 e. The third-order valence-electron chi connectivity index (χ3n) is 12.3. The van der Waals surface area contributed by atoms with Crippen LogP contribution in [0, 0.1) is 0 Å². The Morgan fingerprint density at radius 1 is 0.443 bits per heavy atom. The van der Waals surface area contributed by atoms with Crippen LogP contribution >= 0.6 is 0 Å². The topological polar surface area (TPSA) is 269 Å². The molecule has 310 valence electrons. The van der Waals surface area contributed by atoms with E-state index < -0.39 is 70.8 Å². The highest BCUT2D eigenvalue weighted by molar-refractivity contribution is 5.73. The van der Waals surface area contributed by atoms with E-state index in [1.165, 1.54) is 60.7 Å². The van der Waals surface area contributed by atoms with Crippen molar-refractivity contribution < 1.29 is 79.9 Å². The van der Waals surface area contributed by atoms with E-state index in [1.54, 1.807) is 12.1 Å². The number of aliphatic hydroxyl groups excluding tert-OH is 3. The number of aliphatic hydroxyl groups is 3. The molecule has 0 aliphatic carbocycles. The van der Waals surface area contributed by atoms with Crippen molar-refractivity contribution in [1.29, 1.82) is 0 Å². The molecular weight excluding hydrogens is 796 g/mol. The summed E-state index contributed by atoms with van der Waals surface area (Å²) in [7, 11) is 0. The molecule has 6 aromatic carbocycles. The first kappa shape index (κ1) is 36.7. The molecule has 0 saturated heterocycles. The van der Waals surface area contributed by atoms with Gasteiger partial charge in [0.2, 0.25) is 0 Å². The zero-order valence-corrected chi connectivity index (χ0v) is 31.3. The summed E-state index contributed by atoms with van der Waals surface area (Å²) < 4.78 is 32.8. The molecule has 11 rings (SSSR count). The predicted octanol–water partition coefficient (Wildman–Crippen LogP) is 4.63. The largest absolute Gasteiger partial charge is 0.508 e. The molecule has 16 nitrogen and oxygen atoms in total. The average Bonchev–Trinajstić information content (AvgIpc) is 3.20. The van der Waals surface area contributed by atoms with Gasteiger partial charge in [0.1, 0.15) is 81.6 Å². The predicted molar refractivity (Wildman–Crippen MR) is 207 cm³/mol. The van der Waals surface area contributed by atoms with Crippen LogP contribution in [0.25, 0.3) is 0 Å². The Balaban J connectivity index is 1.20. The summed E-state index contributed by atoms with van der Waals surface area (Å²) in [4.78, 5) is 0. The molecule has 0 spiro atoms. The third-order valence-corrected chi connectivity index (χ3v) is 12.3. The molecule has 5 heterocycles. The van der Waals surface area contributed by atoms with Gasteiger partial charge in [-0.05, 0) is 60.2 Å². The van der Waals surface area contributed by atoms with E-state index in [-0.39, 0.29) is 97.1 Å². The van der Waals surface area contributed by atoms with Crippen LogP contribution in [0.3, 0.4) is 0 Å². The lowest BCUT2D eigenvalue weighted by molar-refractivity contribution is -0.227. The second kappa shape index (κ2) is 12.3. The Morgan fingerprint density at radius 3 is 1.64 bits per heavy atom. The first-order chi connectivity index (χ1) is 29.2. The molecule has 4 bridgehead atoms. The number of hydrogen-bond donors (Lipinski definition) is 11. The van der Waals surface area contributed by atoms with Gasteiger partial charge in [0.25, 0.3) is 0 Å². The van der Waals surface area contributed by atoms with Crippen LogP contribution in [0.1, 0.15) is 62.4 Å². The van der Waals surface area contributed by atoms with Gasteiger partial charge in [-0.3, -0.25) is 0 Å². The van der Waals surface area contributed by atoms with Crippen molar-refractivity contribution in [1.82, 2.24) is 0 Å². The number of phenols is 8. The van der Waals surface area contributed by atoms with E-state index in [0.717, 1.165) is 18.2 Å². The first-order valence-electron chi connectivity index (χ1n) is 19.1. The fourth-order valence-electron chi connectivity index (χ4n) is 9.60. The summed E-state index contributed by atoms with van der Waals surface area (Å²) in [5.41, 5.74) is 0.847. The Labute approximate surface area is 343 Å². The lowest BCUT2D eigenvalue weighted by atomic mass is 9.70. The first-order valence-corrected chi connectivity index (χ1v) is 19.1. The van der Waals surface area contributed by atoms with Crippen molar-refractivity contribution in [3.05, 3.63) is 136 Å². The van der Waals surface area contributed by atoms with Gasteiger partial charge in [0.15, 0.2) is 11.5 Å². The molecule has 0 fully saturated rings. The smallest absolute Gasteiger partial charge is 0.305 e. The second-order valence-electron chi connectivity index (χ2n) is 15.8. The summed E-state index contributed by atoms with van der Waals surface area (Å²) in [5, 5.41) is 124. The minimum absolute atomic E-state index is 0.00159. The quantitative estimate of drug-likeness (QED) is 0.109. The number of rotatable bonds is 3. The summed E-state index contributed by atoms with van der Waals surface area (Å²) >= 11 is 0. The van der Waals surface area contributed by atoms with Crippen molar-refractivity contribution in [3.8, 4) is 74.7 Å². The Morgan fingerprint density at radius 2 is 0.984 bits per heavy atom. The minimum Gasteiger partial charge on any atom is -0.508 e. The molecule has 0 aromatic heterocycles. The van der Waals surface area contributed by atoms with E-state index in [0.29, 0.717) is 5.56 Å². The van der Waals surface area contributed by atoms with Crippen molar-refractivity contribution >= 4 is 0 Å². The van der Waals surface area contributed by atoms with E-state index in [9.17, 15) is 56.2 Å². The standard InChI is InChI=1S/C45H34O16/c46-20-6-1-17(2-7-20)39-29(54)14-23-25(50)15-31-35(40(23)57-39)38-34-28(53)16-32-36(41(34)61-45(60-31,43(38)56)19-5-10-24(49)26(51)11-19)37-33-27(52)12-22(48)13-30(33)58-44(59-32,42(37)55)18-3-8-21(47)9-4-18/h1-13,15-16,29,37-39,42-43,46-56H,14H2/t29-,37+,38-,39+,42+,43+,44-,45-/m1/s1. The fourth-order valence-corrected chi connectivity index (χ4v) is 9.60. The highest BCUT2D eigenvalue weighted by Gasteiger charge is 2.64. The number of phenolic OH excluding ortho intramolecular Hbond substituents is 8. The summed E-state index contributed by atoms with van der Waals surface area (Å²) in [6, 6.07) is 19.9. The van der Waals surface area contributed by atoms with Crippen molar-refractivity contribution in [2.24, 2.45) is 0 Å². The summed E-state index contributed by atoms with van der Waals surface area (Å²) in [6.45, 7) is 0. The molecule has 16 heteroatoms. The molecule has 11 N–H and O–H groups in total. The zero-order chi connectivity index (χ0) is 42.4. The zero-order valence-electron chi connectivity index (χ0n) is 31.3. The number of ether oxygens (including phenoxy) is 5. The maximum atomic E-state index is 12.7. The average molecular weight is 831 g/mol. The molecule has 6 aromatic rings. The van der Waals surface area contributed by atoms with Gasteiger partial charge in [-0.15, -0.1) is 0 Å². The van der Waals surface area contributed by atoms with E-state index in [1.807, 2.05) is 0 Å². The van der Waals surface area contributed by atoms with Gasteiger partial charge in [-0.25, -0.2) is 0 Å². The van der Waals surface area contributed by atoms with Crippen LogP contribution in [-0.4, -0.2) is 74.5 Å². The van der Waals surface area contributed by atoms with Crippen LogP contribution in [-0.2, 0) is 18.0 Å². The van der Waals surface area contributed by atoms with Gasteiger partial charge >= 0.3 is 11.6 Å². The van der Waals surface area contributed by atoms with Crippen molar-refractivity contribution in [2.75, 3.05) is 0 Å². The lowest BCUT2D eigenvalue weighted by Crippen LogP contribution is -2.59. The van der Waals surface area contributed by atoms with E-state index in [4.69, 9.17) is 23.7 Å². The van der Waals surface area contributed by atoms with Gasteiger partial charge in [0, 0.05) is 69.6 Å². The number of benzene rings is 6. The molecular formula is C45H34O16. The fraction of sp³-hybridized carbons (Fsp3) is 0.200. The SMILES string of the molecule is Oc1ccc([C@@H]2Oc3c(c(O)cc4c3[C@H]3c5c(O)cc6c(c5O[C@@](c5ccc(O)c(O)c5)(O4)[C@H]3O)[C@@H]3c4c(O)cc(O)cc4O[C@](c4ccc(O)cc4)(O6)[C@H]3O)C[C@H]2O)cc1. The summed E-state index contributed by atoms with van der Waals surface area (Å²) in [5.74, 6) is -10.6. The molecule has 0 radical (unpaired) electrons. The van der Waals surface area contributed by atoms with Crippen LogP contribution in [0.15, 0.2) is 91.0 Å². The molecule has 0 amide bonds. The highest BCUT2D eigenvalue weighted by atomic mass is 16.7. The van der Waals surface area contributed by atoms with Crippen LogP contribution < -0.4 is 23.7 Å². The highest BCUT2D eigenvalue weighted by Crippen LogP contribution is 2.67. The molecule has 8 atom stereocenters. The normalized spacial score (nSPS) is 27.2. The Bertz CT molecular complexity index is 2840. The molecule has 61 heavy (non-hydrogen) atoms. The minimum atomic E-state index is -2.36. The number of fused-ring (bicyclic) bond motifs is 15. The second-order valence-corrected chi connectivity index (χ2v) is 15.8. The molecule has 5 aliphatic heterocycles. The van der Waals surface area contributed by atoms with Crippen LogP contribution in [0.4, 0.5) is 0 Å². The monoisotopic (exact) mass is 830 g/mol. The Hall–Kier alpha value is -7.40. The summed E-state index contributed by atoms with van der Waals surface area (Å²) in [6.07, 6.45) is -5.91. The van der Waals surface area contributed by atoms with Crippen molar-refractivity contribution in [2.45, 2.75) is 54.2 Å². The molecule has 0 saturated carbocycles. The van der Waals surface area contributed by atoms with Gasteiger partial charge < -0.3 is 79.9 Å². The Kier molecular flexibility index (Phi) is 7.41. The maximum absolute atomic E-state index is 12.7. The number of hydrogen-bond acceptors (Lipinski definition) is 16. The molecule has 0 unspecified atom stereocenters. The van der Waals surface area contributed by atoms with Gasteiger partial charge in [0.05, 0.1) is 17.9 Å². The van der Waals surface area contributed by atoms with Crippen molar-refractivity contribution in [3.63, 3.8) is 0 Å². The van der Waals surface area contributed by atoms with Gasteiger partial charge in [-0.1, -0.05) is 12.1 Å². The van der Waals surface area contributed by atoms with E-state index >= 15 is 0 Å². The number of aromatic hydroxyl groups is 8. The van der Waals surface area contributed by atoms with Gasteiger partial charge in [-0.2, -0.15) is 0 Å². The third kappa shape index (κ3) is 4.91.